The SMILES string of the molecule is COc1ccc(F)cc1CN1CCN(CN2C(=O)[C@H]3CCCC[C@H]3C2=O)CC1. The lowest BCUT2D eigenvalue weighted by Gasteiger charge is -2.36. The Kier molecular flexibility index (Phi) is 5.64. The van der Waals surface area contributed by atoms with E-state index in [0.717, 1.165) is 57.4 Å². The molecule has 2 saturated heterocycles. The summed E-state index contributed by atoms with van der Waals surface area (Å²) in [5.41, 5.74) is 0.838. The van der Waals surface area contributed by atoms with Gasteiger partial charge in [0.1, 0.15) is 11.6 Å². The molecule has 1 aliphatic carbocycles. The predicted molar refractivity (Wildman–Crippen MR) is 102 cm³/mol. The van der Waals surface area contributed by atoms with Gasteiger partial charge in [-0.3, -0.25) is 24.3 Å². The van der Waals surface area contributed by atoms with Gasteiger partial charge in [-0.25, -0.2) is 4.39 Å². The van der Waals surface area contributed by atoms with Crippen LogP contribution in [0.2, 0.25) is 0 Å². The maximum atomic E-state index is 13.6. The van der Waals surface area contributed by atoms with Crippen LogP contribution in [0.25, 0.3) is 0 Å². The number of fused-ring (bicyclic) bond motifs is 1. The van der Waals surface area contributed by atoms with Crippen LogP contribution in [0.15, 0.2) is 18.2 Å². The monoisotopic (exact) mass is 389 g/mol. The summed E-state index contributed by atoms with van der Waals surface area (Å²) >= 11 is 0. The van der Waals surface area contributed by atoms with E-state index in [9.17, 15) is 14.0 Å². The van der Waals surface area contributed by atoms with E-state index in [2.05, 4.69) is 9.80 Å². The van der Waals surface area contributed by atoms with Crippen molar-refractivity contribution in [3.8, 4) is 5.75 Å². The first-order chi connectivity index (χ1) is 13.6. The number of carbonyl (C=O) groups is 2. The Morgan fingerprint density at radius 3 is 2.21 bits per heavy atom. The summed E-state index contributed by atoms with van der Waals surface area (Å²) < 4.78 is 18.9. The number of likely N-dealkylation sites (tertiary alicyclic amines) is 1. The lowest BCUT2D eigenvalue weighted by atomic mass is 9.81. The molecule has 2 atom stereocenters. The van der Waals surface area contributed by atoms with Crippen molar-refractivity contribution in [3.05, 3.63) is 29.6 Å². The first-order valence-corrected chi connectivity index (χ1v) is 10.2. The van der Waals surface area contributed by atoms with E-state index in [1.165, 1.54) is 17.0 Å². The highest BCUT2D eigenvalue weighted by Gasteiger charge is 2.48. The molecule has 28 heavy (non-hydrogen) atoms. The predicted octanol–water partition coefficient (Wildman–Crippen LogP) is 2.08. The highest BCUT2D eigenvalue weighted by molar-refractivity contribution is 6.05. The highest BCUT2D eigenvalue weighted by Crippen LogP contribution is 2.38. The van der Waals surface area contributed by atoms with Gasteiger partial charge in [-0.2, -0.15) is 0 Å². The molecule has 1 saturated carbocycles. The summed E-state index contributed by atoms with van der Waals surface area (Å²) in [4.78, 5) is 31.2. The molecule has 2 heterocycles. The Labute approximate surface area is 165 Å². The zero-order valence-corrected chi connectivity index (χ0v) is 16.4. The van der Waals surface area contributed by atoms with E-state index in [1.54, 1.807) is 13.2 Å². The van der Waals surface area contributed by atoms with Crippen LogP contribution in [0.4, 0.5) is 4.39 Å². The van der Waals surface area contributed by atoms with Crippen molar-refractivity contribution in [1.82, 2.24) is 14.7 Å². The van der Waals surface area contributed by atoms with Gasteiger partial charge in [0.15, 0.2) is 0 Å². The quantitative estimate of drug-likeness (QED) is 0.722. The number of piperazine rings is 1. The van der Waals surface area contributed by atoms with Crippen molar-refractivity contribution in [1.29, 1.82) is 0 Å². The number of hydrogen-bond acceptors (Lipinski definition) is 5. The maximum absolute atomic E-state index is 13.6. The zero-order chi connectivity index (χ0) is 19.7. The molecule has 0 N–H and O–H groups in total. The lowest BCUT2D eigenvalue weighted by Crippen LogP contribution is -2.51. The molecule has 6 nitrogen and oxygen atoms in total. The Morgan fingerprint density at radius 1 is 1.00 bits per heavy atom. The van der Waals surface area contributed by atoms with E-state index in [-0.39, 0.29) is 29.5 Å². The standard InChI is InChI=1S/C21H28FN3O3/c1-28-19-7-6-16(22)12-15(19)13-23-8-10-24(11-9-23)14-25-20(26)17-4-2-3-5-18(17)21(25)27/h6-7,12,17-18H,2-5,8-11,13-14H2,1H3/t17-,18+. The minimum Gasteiger partial charge on any atom is -0.496 e. The first-order valence-electron chi connectivity index (χ1n) is 10.2. The maximum Gasteiger partial charge on any atom is 0.234 e. The molecule has 0 spiro atoms. The van der Waals surface area contributed by atoms with Gasteiger partial charge in [0.2, 0.25) is 11.8 Å². The van der Waals surface area contributed by atoms with Crippen LogP contribution in [0.3, 0.4) is 0 Å². The summed E-state index contributed by atoms with van der Waals surface area (Å²) in [7, 11) is 1.59. The van der Waals surface area contributed by atoms with Crippen molar-refractivity contribution in [2.45, 2.75) is 32.2 Å². The smallest absolute Gasteiger partial charge is 0.234 e. The van der Waals surface area contributed by atoms with Gasteiger partial charge < -0.3 is 4.74 Å². The summed E-state index contributed by atoms with van der Waals surface area (Å²) in [5, 5.41) is 0. The van der Waals surface area contributed by atoms with Crippen molar-refractivity contribution < 1.29 is 18.7 Å². The molecule has 152 valence electrons. The van der Waals surface area contributed by atoms with Crippen LogP contribution < -0.4 is 4.74 Å². The molecule has 2 amide bonds. The molecule has 0 unspecified atom stereocenters. The van der Waals surface area contributed by atoms with Gasteiger partial charge in [-0.05, 0) is 31.0 Å². The van der Waals surface area contributed by atoms with Gasteiger partial charge in [-0.15, -0.1) is 0 Å². The van der Waals surface area contributed by atoms with E-state index >= 15 is 0 Å². The number of amides is 2. The second-order valence-electron chi connectivity index (χ2n) is 8.09. The third-order valence-electron chi connectivity index (χ3n) is 6.38. The molecule has 4 rings (SSSR count). The van der Waals surface area contributed by atoms with Gasteiger partial charge in [-0.1, -0.05) is 12.8 Å². The molecule has 0 aromatic heterocycles. The van der Waals surface area contributed by atoms with Gasteiger partial charge in [0.25, 0.3) is 0 Å². The van der Waals surface area contributed by atoms with Crippen LogP contribution in [-0.2, 0) is 16.1 Å². The Bertz CT molecular complexity index is 724. The van der Waals surface area contributed by atoms with Crippen molar-refractivity contribution >= 4 is 11.8 Å². The Balaban J connectivity index is 1.32. The van der Waals surface area contributed by atoms with Crippen LogP contribution in [0.5, 0.6) is 5.75 Å². The van der Waals surface area contributed by atoms with Crippen LogP contribution in [0, 0.1) is 17.7 Å². The molecule has 1 aromatic rings. The van der Waals surface area contributed by atoms with Crippen molar-refractivity contribution in [2.75, 3.05) is 40.0 Å². The van der Waals surface area contributed by atoms with Crippen LogP contribution in [0.1, 0.15) is 31.2 Å². The highest BCUT2D eigenvalue weighted by atomic mass is 19.1. The average Bonchev–Trinajstić information content (AvgIpc) is 2.95. The second-order valence-corrected chi connectivity index (χ2v) is 8.09. The van der Waals surface area contributed by atoms with E-state index in [4.69, 9.17) is 4.74 Å². The Hall–Kier alpha value is -1.99. The third-order valence-corrected chi connectivity index (χ3v) is 6.38. The third kappa shape index (κ3) is 3.78. The average molecular weight is 389 g/mol. The van der Waals surface area contributed by atoms with Crippen molar-refractivity contribution in [3.63, 3.8) is 0 Å². The second kappa shape index (κ2) is 8.17. The van der Waals surface area contributed by atoms with Crippen LogP contribution in [-0.4, -0.2) is 66.5 Å². The number of ether oxygens (including phenoxy) is 1. The molecule has 7 heteroatoms. The van der Waals surface area contributed by atoms with Gasteiger partial charge in [0, 0.05) is 38.3 Å². The fraction of sp³-hybridized carbons (Fsp3) is 0.619. The fourth-order valence-electron chi connectivity index (χ4n) is 4.77. The molecule has 1 aromatic carbocycles. The number of methoxy groups -OCH3 is 1. The summed E-state index contributed by atoms with van der Waals surface area (Å²) in [6.45, 7) is 4.21. The molecule has 0 bridgehead atoms. The summed E-state index contributed by atoms with van der Waals surface area (Å²) in [6.07, 6.45) is 3.82. The topological polar surface area (TPSA) is 53.1 Å². The number of halogens is 1. The molecular weight excluding hydrogens is 361 g/mol. The summed E-state index contributed by atoms with van der Waals surface area (Å²) in [6, 6.07) is 4.58. The fourth-order valence-corrected chi connectivity index (χ4v) is 4.77. The van der Waals surface area contributed by atoms with Gasteiger partial charge >= 0.3 is 0 Å². The summed E-state index contributed by atoms with van der Waals surface area (Å²) in [5.74, 6) is 0.330. The number of rotatable bonds is 5. The molecule has 0 radical (unpaired) electrons. The number of benzene rings is 1. The van der Waals surface area contributed by atoms with E-state index < -0.39 is 0 Å². The molecule has 2 aliphatic heterocycles. The molecular formula is C21H28FN3O3. The normalized spacial score (nSPS) is 26.6. The Morgan fingerprint density at radius 2 is 1.61 bits per heavy atom. The number of nitrogens with zero attached hydrogens (tertiary/aromatic N) is 3. The largest absolute Gasteiger partial charge is 0.496 e. The number of hydrogen-bond donors (Lipinski definition) is 0. The lowest BCUT2D eigenvalue weighted by molar-refractivity contribution is -0.142. The molecule has 3 fully saturated rings. The van der Waals surface area contributed by atoms with E-state index in [0.29, 0.717) is 19.0 Å². The molecule has 3 aliphatic rings. The number of imide groups is 1. The van der Waals surface area contributed by atoms with Crippen molar-refractivity contribution in [2.24, 2.45) is 11.8 Å². The zero-order valence-electron chi connectivity index (χ0n) is 16.4. The van der Waals surface area contributed by atoms with E-state index in [1.807, 2.05) is 0 Å². The number of carbonyl (C=O) groups excluding carboxylic acids is 2. The minimum atomic E-state index is -0.262. The van der Waals surface area contributed by atoms with Crippen LogP contribution >= 0.6 is 0 Å². The minimum absolute atomic E-state index is 0.0293. The first kappa shape index (κ1) is 19.3. The van der Waals surface area contributed by atoms with Gasteiger partial charge in [0.05, 0.1) is 25.6 Å².